The van der Waals surface area contributed by atoms with Gasteiger partial charge >= 0.3 is 0 Å². The van der Waals surface area contributed by atoms with Crippen molar-refractivity contribution in [3.8, 4) is 0 Å². The number of likely N-dealkylation sites (tertiary alicyclic amines) is 1. The fourth-order valence-corrected chi connectivity index (χ4v) is 4.56. The van der Waals surface area contributed by atoms with Crippen LogP contribution in [0, 0.1) is 13.8 Å². The second-order valence-corrected chi connectivity index (χ2v) is 8.61. The first-order valence-corrected chi connectivity index (χ1v) is 11.1. The molecule has 4 aromatic rings. The highest BCUT2D eigenvalue weighted by Gasteiger charge is 2.33. The van der Waals surface area contributed by atoms with Crippen LogP contribution in [0.25, 0.3) is 11.1 Å². The Morgan fingerprint density at radius 2 is 2.09 bits per heavy atom. The van der Waals surface area contributed by atoms with Crippen LogP contribution in [0.15, 0.2) is 45.5 Å². The molecule has 0 spiro atoms. The van der Waals surface area contributed by atoms with Gasteiger partial charge < -0.3 is 13.8 Å². The monoisotopic (exact) mass is 450 g/mol. The Balaban J connectivity index is 1.45. The van der Waals surface area contributed by atoms with E-state index in [1.807, 2.05) is 43.0 Å². The summed E-state index contributed by atoms with van der Waals surface area (Å²) in [7, 11) is 0. The molecule has 3 aromatic heterocycles. The topological polar surface area (TPSA) is 85.3 Å². The van der Waals surface area contributed by atoms with Crippen molar-refractivity contribution in [2.45, 2.75) is 45.6 Å². The molecule has 5 rings (SSSR count). The van der Waals surface area contributed by atoms with Crippen LogP contribution in [0.5, 0.6) is 0 Å². The fourth-order valence-electron chi connectivity index (χ4n) is 4.36. The van der Waals surface area contributed by atoms with E-state index in [1.165, 1.54) is 0 Å². The largest absolute Gasteiger partial charge is 0.443 e. The molecular weight excluding hydrogens is 428 g/mol. The number of halogens is 1. The van der Waals surface area contributed by atoms with Gasteiger partial charge in [-0.05, 0) is 50.8 Å². The number of piperidine rings is 1. The number of hydrogen-bond donors (Lipinski definition) is 0. The number of fused-ring (bicyclic) bond motifs is 1. The first-order chi connectivity index (χ1) is 15.5. The van der Waals surface area contributed by atoms with E-state index in [1.54, 1.807) is 12.3 Å². The highest BCUT2D eigenvalue weighted by molar-refractivity contribution is 6.31. The van der Waals surface area contributed by atoms with Gasteiger partial charge in [0.2, 0.25) is 5.89 Å². The maximum Gasteiger partial charge on any atom is 0.258 e. The molecule has 7 nitrogen and oxygen atoms in total. The minimum absolute atomic E-state index is 0.0812. The third-order valence-corrected chi connectivity index (χ3v) is 6.29. The molecule has 1 aliphatic rings. The maximum atomic E-state index is 13.7. The van der Waals surface area contributed by atoms with E-state index in [2.05, 4.69) is 15.1 Å². The number of oxazole rings is 1. The van der Waals surface area contributed by atoms with E-state index in [0.717, 1.165) is 30.6 Å². The Labute approximate surface area is 190 Å². The number of nitrogens with zero attached hydrogens (tertiary/aromatic N) is 4. The standard InChI is InChI=1S/C24H23ClN4O3/c1-14-11-18(21-15(2)28-32-23(21)27-14)24(30)29-10-6-5-9-20(29)22-26-13-17(31-22)12-16-7-3-4-8-19(16)25/h3-4,7-8,11,13,20H,5-6,9-10,12H2,1-2H3/t20-/m1/s1. The van der Waals surface area contributed by atoms with E-state index in [0.29, 0.717) is 51.9 Å². The van der Waals surface area contributed by atoms with Gasteiger partial charge in [-0.15, -0.1) is 0 Å². The number of hydrogen-bond acceptors (Lipinski definition) is 6. The zero-order valence-electron chi connectivity index (χ0n) is 18.0. The van der Waals surface area contributed by atoms with Crippen LogP contribution in [0.2, 0.25) is 5.02 Å². The zero-order valence-corrected chi connectivity index (χ0v) is 18.7. The molecular formula is C24H23ClN4O3. The minimum Gasteiger partial charge on any atom is -0.443 e. The predicted octanol–water partition coefficient (Wildman–Crippen LogP) is 5.44. The van der Waals surface area contributed by atoms with Crippen LogP contribution in [0.1, 0.15) is 64.3 Å². The molecule has 8 heteroatoms. The smallest absolute Gasteiger partial charge is 0.258 e. The predicted molar refractivity (Wildman–Crippen MR) is 120 cm³/mol. The van der Waals surface area contributed by atoms with Gasteiger partial charge in [-0.25, -0.2) is 9.97 Å². The van der Waals surface area contributed by atoms with E-state index in [4.69, 9.17) is 20.5 Å². The number of aromatic nitrogens is 3. The van der Waals surface area contributed by atoms with Gasteiger partial charge in [0.1, 0.15) is 11.8 Å². The zero-order chi connectivity index (χ0) is 22.2. The summed E-state index contributed by atoms with van der Waals surface area (Å²) in [6.07, 6.45) is 5.03. The lowest BCUT2D eigenvalue weighted by Crippen LogP contribution is -2.38. The molecule has 1 aliphatic heterocycles. The van der Waals surface area contributed by atoms with Gasteiger partial charge in [-0.3, -0.25) is 4.79 Å². The molecule has 1 aromatic carbocycles. The Morgan fingerprint density at radius 3 is 2.94 bits per heavy atom. The average molecular weight is 451 g/mol. The molecule has 1 saturated heterocycles. The number of carbonyl (C=O) groups excluding carboxylic acids is 1. The number of amides is 1. The lowest BCUT2D eigenvalue weighted by atomic mass is 9.99. The van der Waals surface area contributed by atoms with Crippen LogP contribution in [-0.2, 0) is 6.42 Å². The second kappa shape index (κ2) is 8.39. The van der Waals surface area contributed by atoms with Crippen molar-refractivity contribution < 1.29 is 13.7 Å². The van der Waals surface area contributed by atoms with Crippen molar-refractivity contribution in [2.24, 2.45) is 0 Å². The number of benzene rings is 1. The first kappa shape index (κ1) is 20.7. The molecule has 0 saturated carbocycles. The summed E-state index contributed by atoms with van der Waals surface area (Å²) in [4.78, 5) is 24.4. The van der Waals surface area contributed by atoms with Crippen LogP contribution in [0.3, 0.4) is 0 Å². The van der Waals surface area contributed by atoms with Crippen molar-refractivity contribution in [3.63, 3.8) is 0 Å². The molecule has 0 unspecified atom stereocenters. The number of rotatable bonds is 4. The highest BCUT2D eigenvalue weighted by Crippen LogP contribution is 2.34. The quantitative estimate of drug-likeness (QED) is 0.411. The van der Waals surface area contributed by atoms with Crippen LogP contribution >= 0.6 is 11.6 Å². The first-order valence-electron chi connectivity index (χ1n) is 10.7. The van der Waals surface area contributed by atoms with E-state index in [9.17, 15) is 4.79 Å². The minimum atomic E-state index is -0.222. The van der Waals surface area contributed by atoms with Crippen molar-refractivity contribution in [2.75, 3.05) is 6.54 Å². The molecule has 0 N–H and O–H groups in total. The molecule has 4 heterocycles. The Morgan fingerprint density at radius 1 is 1.25 bits per heavy atom. The number of carbonyl (C=O) groups is 1. The van der Waals surface area contributed by atoms with Crippen molar-refractivity contribution in [1.29, 1.82) is 0 Å². The molecule has 1 atom stereocenters. The fraction of sp³-hybridized carbons (Fsp3) is 0.333. The number of aryl methyl sites for hydroxylation is 2. The molecule has 164 valence electrons. The Hall–Kier alpha value is -3.19. The normalized spacial score (nSPS) is 16.6. The third-order valence-electron chi connectivity index (χ3n) is 5.92. The van der Waals surface area contributed by atoms with Crippen LogP contribution in [-0.4, -0.2) is 32.5 Å². The molecule has 32 heavy (non-hydrogen) atoms. The van der Waals surface area contributed by atoms with Gasteiger partial charge in [0.05, 0.1) is 22.8 Å². The summed E-state index contributed by atoms with van der Waals surface area (Å²) in [5, 5.41) is 5.36. The SMILES string of the molecule is Cc1cc(C(=O)N2CCCC[C@@H]2c2ncc(Cc3ccccc3Cl)o2)c2c(C)noc2n1. The lowest BCUT2D eigenvalue weighted by molar-refractivity contribution is 0.0572. The van der Waals surface area contributed by atoms with Gasteiger partial charge in [0.25, 0.3) is 11.6 Å². The summed E-state index contributed by atoms with van der Waals surface area (Å²) in [6, 6.07) is 9.26. The highest BCUT2D eigenvalue weighted by atomic mass is 35.5. The van der Waals surface area contributed by atoms with Crippen molar-refractivity contribution >= 4 is 28.6 Å². The van der Waals surface area contributed by atoms with Crippen molar-refractivity contribution in [1.82, 2.24) is 20.0 Å². The summed E-state index contributed by atoms with van der Waals surface area (Å²) < 4.78 is 11.4. The van der Waals surface area contributed by atoms with E-state index in [-0.39, 0.29) is 11.9 Å². The molecule has 1 fully saturated rings. The molecule has 0 aliphatic carbocycles. The summed E-state index contributed by atoms with van der Waals surface area (Å²) in [5.74, 6) is 1.20. The average Bonchev–Trinajstić information content (AvgIpc) is 3.41. The maximum absolute atomic E-state index is 13.7. The van der Waals surface area contributed by atoms with Crippen LogP contribution < -0.4 is 0 Å². The summed E-state index contributed by atoms with van der Waals surface area (Å²) in [6.45, 7) is 4.30. The Bertz CT molecular complexity index is 1300. The summed E-state index contributed by atoms with van der Waals surface area (Å²) in [5.41, 5.74) is 3.29. The second-order valence-electron chi connectivity index (χ2n) is 8.20. The molecule has 1 amide bonds. The van der Waals surface area contributed by atoms with Gasteiger partial charge in [0.15, 0.2) is 0 Å². The number of pyridine rings is 1. The van der Waals surface area contributed by atoms with E-state index >= 15 is 0 Å². The van der Waals surface area contributed by atoms with Gasteiger partial charge in [-0.2, -0.15) is 0 Å². The van der Waals surface area contributed by atoms with Gasteiger partial charge in [0, 0.05) is 23.7 Å². The van der Waals surface area contributed by atoms with Crippen LogP contribution in [0.4, 0.5) is 0 Å². The van der Waals surface area contributed by atoms with Gasteiger partial charge in [-0.1, -0.05) is 35.0 Å². The van der Waals surface area contributed by atoms with Crippen molar-refractivity contribution in [3.05, 3.63) is 75.7 Å². The molecule has 0 radical (unpaired) electrons. The molecule has 0 bridgehead atoms. The van der Waals surface area contributed by atoms with E-state index < -0.39 is 0 Å². The third kappa shape index (κ3) is 3.77. The summed E-state index contributed by atoms with van der Waals surface area (Å²) >= 11 is 6.29. The Kier molecular flexibility index (Phi) is 5.43. The lowest BCUT2D eigenvalue weighted by Gasteiger charge is -2.34.